The molecular formula is C20H12F3N5O3. The van der Waals surface area contributed by atoms with Crippen LogP contribution in [0.4, 0.5) is 18.9 Å². The zero-order valence-electron chi connectivity index (χ0n) is 15.6. The van der Waals surface area contributed by atoms with Crippen molar-refractivity contribution >= 4 is 11.6 Å². The highest BCUT2D eigenvalue weighted by atomic mass is 19.4. The van der Waals surface area contributed by atoms with Crippen LogP contribution in [0.3, 0.4) is 0 Å². The molecule has 0 bridgehead atoms. The van der Waals surface area contributed by atoms with Crippen molar-refractivity contribution in [1.82, 2.24) is 14.9 Å². The van der Waals surface area contributed by atoms with E-state index < -0.39 is 23.2 Å². The van der Waals surface area contributed by atoms with Crippen molar-refractivity contribution in [2.24, 2.45) is 0 Å². The minimum Gasteiger partial charge on any atom is -0.461 e. The predicted molar refractivity (Wildman–Crippen MR) is 99.6 cm³/mol. The highest BCUT2D eigenvalue weighted by Gasteiger charge is 2.33. The molecule has 0 saturated heterocycles. The molecule has 1 N–H and O–H groups in total. The number of hydrogen-bond donors (Lipinski definition) is 1. The fraction of sp³-hybridized carbons (Fsp3) is 0.100. The van der Waals surface area contributed by atoms with Crippen LogP contribution in [-0.2, 0) is 12.7 Å². The molecule has 3 aromatic heterocycles. The molecule has 0 atom stereocenters. The maximum absolute atomic E-state index is 13.1. The van der Waals surface area contributed by atoms with Gasteiger partial charge in [-0.1, -0.05) is 11.2 Å². The van der Waals surface area contributed by atoms with Gasteiger partial charge >= 0.3 is 6.18 Å². The average Bonchev–Trinajstić information content (AvgIpc) is 3.49. The first-order chi connectivity index (χ1) is 14.8. The summed E-state index contributed by atoms with van der Waals surface area (Å²) in [7, 11) is 0. The first kappa shape index (κ1) is 20.0. The zero-order valence-corrected chi connectivity index (χ0v) is 15.6. The molecule has 0 radical (unpaired) electrons. The number of furan rings is 1. The number of benzene rings is 1. The number of rotatable bonds is 5. The summed E-state index contributed by atoms with van der Waals surface area (Å²) in [6.07, 6.45) is -0.384. The molecule has 0 aliphatic carbocycles. The number of nitrogens with zero attached hydrogens (tertiary/aromatic N) is 4. The molecule has 0 aliphatic heterocycles. The second-order valence-corrected chi connectivity index (χ2v) is 6.42. The van der Waals surface area contributed by atoms with Gasteiger partial charge in [0.05, 0.1) is 41.9 Å². The minimum atomic E-state index is -4.64. The molecule has 8 nitrogen and oxygen atoms in total. The van der Waals surface area contributed by atoms with Crippen molar-refractivity contribution in [1.29, 1.82) is 5.26 Å². The van der Waals surface area contributed by atoms with Crippen LogP contribution in [0.15, 0.2) is 64.0 Å². The van der Waals surface area contributed by atoms with E-state index >= 15 is 0 Å². The molecule has 11 heteroatoms. The monoisotopic (exact) mass is 427 g/mol. The lowest BCUT2D eigenvalue weighted by Crippen LogP contribution is -2.11. The second kappa shape index (κ2) is 7.83. The van der Waals surface area contributed by atoms with Crippen LogP contribution in [0.25, 0.3) is 11.5 Å². The normalized spacial score (nSPS) is 11.3. The van der Waals surface area contributed by atoms with Crippen molar-refractivity contribution in [3.8, 4) is 17.6 Å². The third kappa shape index (κ3) is 4.32. The zero-order chi connectivity index (χ0) is 22.0. The number of halogens is 3. The van der Waals surface area contributed by atoms with Crippen molar-refractivity contribution in [3.63, 3.8) is 0 Å². The van der Waals surface area contributed by atoms with E-state index in [0.29, 0.717) is 17.0 Å². The van der Waals surface area contributed by atoms with E-state index in [1.54, 1.807) is 12.1 Å². The Hall–Kier alpha value is -4.33. The smallest absolute Gasteiger partial charge is 0.417 e. The Morgan fingerprint density at radius 1 is 1.23 bits per heavy atom. The quantitative estimate of drug-likeness (QED) is 0.508. The Kier molecular flexibility index (Phi) is 5.04. The summed E-state index contributed by atoms with van der Waals surface area (Å²) in [5.74, 6) is 0.144. The van der Waals surface area contributed by atoms with Gasteiger partial charge in [0.15, 0.2) is 11.5 Å². The molecule has 0 unspecified atom stereocenters. The summed E-state index contributed by atoms with van der Waals surface area (Å²) in [4.78, 5) is 12.3. The van der Waals surface area contributed by atoms with E-state index in [-0.39, 0.29) is 18.0 Å². The Balaban J connectivity index is 1.45. The van der Waals surface area contributed by atoms with Crippen LogP contribution >= 0.6 is 0 Å². The number of hydrogen-bond acceptors (Lipinski definition) is 6. The van der Waals surface area contributed by atoms with E-state index in [1.807, 2.05) is 0 Å². The molecular weight excluding hydrogens is 415 g/mol. The van der Waals surface area contributed by atoms with Crippen molar-refractivity contribution in [2.45, 2.75) is 12.7 Å². The third-order valence-corrected chi connectivity index (χ3v) is 4.25. The maximum atomic E-state index is 13.1. The van der Waals surface area contributed by atoms with E-state index in [4.69, 9.17) is 14.2 Å². The molecule has 31 heavy (non-hydrogen) atoms. The number of aromatic nitrogens is 3. The van der Waals surface area contributed by atoms with Crippen molar-refractivity contribution < 1.29 is 26.9 Å². The first-order valence-electron chi connectivity index (χ1n) is 8.78. The minimum absolute atomic E-state index is 0.0112. The highest BCUT2D eigenvalue weighted by Crippen LogP contribution is 2.32. The fourth-order valence-corrected chi connectivity index (χ4v) is 2.84. The van der Waals surface area contributed by atoms with Crippen LogP contribution < -0.4 is 5.32 Å². The molecule has 0 spiro atoms. The van der Waals surface area contributed by atoms with Gasteiger partial charge in [-0.2, -0.15) is 23.5 Å². The van der Waals surface area contributed by atoms with Crippen LogP contribution in [0.1, 0.15) is 27.2 Å². The molecule has 0 saturated carbocycles. The molecule has 0 fully saturated rings. The third-order valence-electron chi connectivity index (χ3n) is 4.25. The van der Waals surface area contributed by atoms with Gasteiger partial charge in [-0.15, -0.1) is 0 Å². The number of nitrogens with one attached hydrogen (secondary N) is 1. The fourth-order valence-electron chi connectivity index (χ4n) is 2.84. The first-order valence-corrected chi connectivity index (χ1v) is 8.78. The number of anilines is 1. The lowest BCUT2D eigenvalue weighted by atomic mass is 10.0. The number of nitriles is 1. The molecule has 156 valence electrons. The van der Waals surface area contributed by atoms with Crippen molar-refractivity contribution in [3.05, 3.63) is 77.4 Å². The lowest BCUT2D eigenvalue weighted by Gasteiger charge is -2.11. The van der Waals surface area contributed by atoms with Gasteiger partial charge in [-0.25, -0.2) is 0 Å². The summed E-state index contributed by atoms with van der Waals surface area (Å²) >= 11 is 0. The van der Waals surface area contributed by atoms with E-state index in [9.17, 15) is 18.0 Å². The maximum Gasteiger partial charge on any atom is 0.417 e. The van der Waals surface area contributed by atoms with Gasteiger partial charge in [0.25, 0.3) is 5.91 Å². The molecule has 0 aliphatic rings. The van der Waals surface area contributed by atoms with Crippen LogP contribution in [-0.4, -0.2) is 20.8 Å². The summed E-state index contributed by atoms with van der Waals surface area (Å²) in [6.45, 7) is 0.0112. The molecule has 1 aromatic carbocycles. The largest absolute Gasteiger partial charge is 0.461 e. The van der Waals surface area contributed by atoms with Gasteiger partial charge in [0.1, 0.15) is 0 Å². The second-order valence-electron chi connectivity index (χ2n) is 6.42. The van der Waals surface area contributed by atoms with Gasteiger partial charge in [0, 0.05) is 12.3 Å². The number of alkyl halides is 3. The summed E-state index contributed by atoms with van der Waals surface area (Å²) in [5, 5.41) is 19.2. The Labute approximate surface area is 172 Å². The summed E-state index contributed by atoms with van der Waals surface area (Å²) in [5.41, 5.74) is -0.831. The number of amides is 1. The van der Waals surface area contributed by atoms with E-state index in [0.717, 1.165) is 12.1 Å². The van der Waals surface area contributed by atoms with Gasteiger partial charge in [-0.3, -0.25) is 9.48 Å². The molecule has 4 aromatic rings. The van der Waals surface area contributed by atoms with Gasteiger partial charge in [0.2, 0.25) is 5.76 Å². The predicted octanol–water partition coefficient (Wildman–Crippen LogP) is 4.32. The number of carbonyl (C=O) groups excluding carboxylic acids is 1. The SMILES string of the molecule is N#Cc1ccc(Cn2cc(NC(=O)c3cc(-c4ccco4)on3)cn2)cc1C(F)(F)F. The molecule has 1 amide bonds. The van der Waals surface area contributed by atoms with Crippen LogP contribution in [0.5, 0.6) is 0 Å². The topological polar surface area (TPSA) is 110 Å². The Bertz CT molecular complexity index is 1270. The summed E-state index contributed by atoms with van der Waals surface area (Å²) in [6, 6.07) is 9.70. The standard InChI is InChI=1S/C20H12F3N5O3/c21-20(22,23)15-6-12(3-4-13(15)8-24)10-28-11-14(9-25-28)26-19(29)16-7-18(31-27-16)17-2-1-5-30-17/h1-7,9,11H,10H2,(H,26,29). The van der Waals surface area contributed by atoms with E-state index in [1.165, 1.54) is 41.5 Å². The summed E-state index contributed by atoms with van der Waals surface area (Å²) < 4.78 is 50.9. The highest BCUT2D eigenvalue weighted by molar-refractivity contribution is 6.03. The molecule has 4 rings (SSSR count). The average molecular weight is 427 g/mol. The molecule has 3 heterocycles. The lowest BCUT2D eigenvalue weighted by molar-refractivity contribution is -0.137. The van der Waals surface area contributed by atoms with Gasteiger partial charge < -0.3 is 14.3 Å². The van der Waals surface area contributed by atoms with Crippen LogP contribution in [0, 0.1) is 11.3 Å². The van der Waals surface area contributed by atoms with Crippen LogP contribution in [0.2, 0.25) is 0 Å². The van der Waals surface area contributed by atoms with E-state index in [2.05, 4.69) is 15.6 Å². The Morgan fingerprint density at radius 3 is 2.77 bits per heavy atom. The van der Waals surface area contributed by atoms with Gasteiger partial charge in [-0.05, 0) is 29.8 Å². The van der Waals surface area contributed by atoms with Crippen molar-refractivity contribution in [2.75, 3.05) is 5.32 Å². The number of carbonyl (C=O) groups is 1. The Morgan fingerprint density at radius 2 is 2.06 bits per heavy atom.